The van der Waals surface area contributed by atoms with Crippen LogP contribution in [0.4, 0.5) is 5.95 Å². The summed E-state index contributed by atoms with van der Waals surface area (Å²) in [5.41, 5.74) is 0.588. The van der Waals surface area contributed by atoms with Crippen LogP contribution in [0.5, 0.6) is 12.0 Å². The van der Waals surface area contributed by atoms with Crippen LogP contribution in [0.2, 0.25) is 0 Å². The van der Waals surface area contributed by atoms with E-state index in [1.165, 1.54) is 7.11 Å². The molecule has 11 heteroatoms. The summed E-state index contributed by atoms with van der Waals surface area (Å²) in [6.45, 7) is 4.17. The minimum atomic E-state index is -2.63. The summed E-state index contributed by atoms with van der Waals surface area (Å²) >= 11 is 0. The molecule has 1 aromatic carbocycles. The quantitative estimate of drug-likeness (QED) is 0.687. The lowest BCUT2D eigenvalue weighted by Gasteiger charge is -2.03. The van der Waals surface area contributed by atoms with Crippen molar-refractivity contribution < 1.29 is 27.4 Å². The van der Waals surface area contributed by atoms with Crippen molar-refractivity contribution in [1.29, 1.82) is 0 Å². The van der Waals surface area contributed by atoms with Gasteiger partial charge in [0.15, 0.2) is 0 Å². The first kappa shape index (κ1) is 21.0. The van der Waals surface area contributed by atoms with Gasteiger partial charge in [0.2, 0.25) is 0 Å². The Balaban J connectivity index is 0.000000289. The molecule has 0 N–H and O–H groups in total. The van der Waals surface area contributed by atoms with Crippen molar-refractivity contribution in [3.63, 3.8) is 0 Å². The predicted molar refractivity (Wildman–Crippen MR) is 91.0 cm³/mol. The number of ether oxygens (including phenoxy) is 3. The average Bonchev–Trinajstić information content (AvgIpc) is 2.62. The second-order valence-corrected chi connectivity index (χ2v) is 4.85. The van der Waals surface area contributed by atoms with E-state index in [9.17, 15) is 13.2 Å². The number of nitrogens with zero attached hydrogens (tertiary/aromatic N) is 4. The molecule has 26 heavy (non-hydrogen) atoms. The van der Waals surface area contributed by atoms with Crippen LogP contribution in [0, 0.1) is 0 Å². The highest BCUT2D eigenvalue weighted by Gasteiger charge is 2.07. The van der Waals surface area contributed by atoms with Crippen LogP contribution in [0.1, 0.15) is 24.2 Å². The van der Waals surface area contributed by atoms with Gasteiger partial charge in [-0.1, -0.05) is 22.6 Å². The zero-order chi connectivity index (χ0) is 19.4. The Labute approximate surface area is 151 Å². The number of hydrogen-bond acceptors (Lipinski definition) is 10. The fourth-order valence-corrected chi connectivity index (χ4v) is 1.73. The molecular formula is C15H18N4O6S. The first-order chi connectivity index (χ1) is 12.5. The maximum Gasteiger partial charge on any atom is 0.337 e. The predicted octanol–water partition coefficient (Wildman–Crippen LogP) is 1.84. The van der Waals surface area contributed by atoms with Crippen LogP contribution >= 0.6 is 0 Å². The van der Waals surface area contributed by atoms with Gasteiger partial charge in [0.25, 0.3) is 5.95 Å². The molecule has 0 saturated heterocycles. The number of rotatable bonds is 6. The highest BCUT2D eigenvalue weighted by atomic mass is 32.2. The van der Waals surface area contributed by atoms with Gasteiger partial charge in [-0.2, -0.15) is 18.4 Å². The Morgan fingerprint density at radius 1 is 1.00 bits per heavy atom. The SMILES string of the molecule is CCOc1nc(N=S(=O)=O)nc(OCC)n1.COC(=O)c1ccccc1. The first-order valence-corrected chi connectivity index (χ1v) is 8.49. The van der Waals surface area contributed by atoms with Gasteiger partial charge in [-0.25, -0.2) is 4.79 Å². The summed E-state index contributed by atoms with van der Waals surface area (Å²) in [6, 6.07) is 8.83. The lowest BCUT2D eigenvalue weighted by molar-refractivity contribution is 0.0600. The van der Waals surface area contributed by atoms with E-state index in [2.05, 4.69) is 24.1 Å². The fraction of sp³-hybridized carbons (Fsp3) is 0.333. The Bertz CT molecular complexity index is 810. The van der Waals surface area contributed by atoms with Crippen LogP contribution < -0.4 is 9.47 Å². The van der Waals surface area contributed by atoms with Gasteiger partial charge >= 0.3 is 28.5 Å². The zero-order valence-electron chi connectivity index (χ0n) is 14.4. The van der Waals surface area contributed by atoms with Crippen molar-refractivity contribution in [2.45, 2.75) is 13.8 Å². The molecule has 0 amide bonds. The van der Waals surface area contributed by atoms with Gasteiger partial charge in [0.05, 0.1) is 25.9 Å². The highest BCUT2D eigenvalue weighted by Crippen LogP contribution is 2.14. The maximum atomic E-state index is 10.8. The second-order valence-electron chi connectivity index (χ2n) is 4.23. The molecule has 0 spiro atoms. The van der Waals surface area contributed by atoms with Gasteiger partial charge in [0, 0.05) is 0 Å². The molecule has 1 heterocycles. The smallest absolute Gasteiger partial charge is 0.337 e. The van der Waals surface area contributed by atoms with E-state index in [0.29, 0.717) is 18.8 Å². The first-order valence-electron chi connectivity index (χ1n) is 7.46. The summed E-state index contributed by atoms with van der Waals surface area (Å²) in [5.74, 6) is -0.559. The summed E-state index contributed by atoms with van der Waals surface area (Å²) in [4.78, 5) is 21.9. The molecule has 0 unspecified atom stereocenters. The number of carbonyl (C=O) groups excluding carboxylic acids is 1. The molecular weight excluding hydrogens is 364 g/mol. The molecule has 0 aliphatic carbocycles. The molecule has 1 aromatic heterocycles. The topological polar surface area (TPSA) is 130 Å². The largest absolute Gasteiger partial charge is 0.465 e. The number of carbonyl (C=O) groups is 1. The van der Waals surface area contributed by atoms with Crippen molar-refractivity contribution in [3.8, 4) is 12.0 Å². The van der Waals surface area contributed by atoms with Crippen LogP contribution in [0.25, 0.3) is 0 Å². The minimum Gasteiger partial charge on any atom is -0.465 e. The van der Waals surface area contributed by atoms with Gasteiger partial charge in [-0.05, 0) is 26.0 Å². The lowest BCUT2D eigenvalue weighted by Crippen LogP contribution is -2.03. The summed E-state index contributed by atoms with van der Waals surface area (Å²) in [6.07, 6.45) is 0. The highest BCUT2D eigenvalue weighted by molar-refractivity contribution is 7.61. The van der Waals surface area contributed by atoms with Crippen LogP contribution in [0.3, 0.4) is 0 Å². The van der Waals surface area contributed by atoms with Crippen molar-refractivity contribution in [1.82, 2.24) is 15.0 Å². The van der Waals surface area contributed by atoms with E-state index in [-0.39, 0.29) is 23.9 Å². The third-order valence-electron chi connectivity index (χ3n) is 2.48. The van der Waals surface area contributed by atoms with Crippen LogP contribution in [0.15, 0.2) is 34.7 Å². The molecule has 0 bridgehead atoms. The number of aromatic nitrogens is 3. The molecule has 2 rings (SSSR count). The van der Waals surface area contributed by atoms with Gasteiger partial charge in [0.1, 0.15) is 0 Å². The van der Waals surface area contributed by atoms with E-state index in [1.54, 1.807) is 38.1 Å². The molecule has 0 saturated carbocycles. The van der Waals surface area contributed by atoms with Crippen molar-refractivity contribution in [2.75, 3.05) is 20.3 Å². The standard InChI is InChI=1S/C8H8O2.C7H10N4O4S/c1-10-8(9)7-5-3-2-4-6-7;1-3-14-6-8-5(11-16(12)13)9-7(10-6)15-4-2/h2-6H,1H3;3-4H2,1-2H3. The normalized spacial score (nSPS) is 9.35. The zero-order valence-corrected chi connectivity index (χ0v) is 15.3. The molecule has 10 nitrogen and oxygen atoms in total. The lowest BCUT2D eigenvalue weighted by atomic mass is 10.2. The summed E-state index contributed by atoms with van der Waals surface area (Å²) in [5, 5.41) is 0. The van der Waals surface area contributed by atoms with Gasteiger partial charge in [-0.15, -0.1) is 4.98 Å². The molecule has 0 aliphatic rings. The average molecular weight is 382 g/mol. The molecule has 0 aliphatic heterocycles. The van der Waals surface area contributed by atoms with E-state index >= 15 is 0 Å². The van der Waals surface area contributed by atoms with Crippen molar-refractivity contribution in [3.05, 3.63) is 35.9 Å². The van der Waals surface area contributed by atoms with Crippen molar-refractivity contribution >= 4 is 22.4 Å². The number of benzene rings is 1. The van der Waals surface area contributed by atoms with E-state index in [0.717, 1.165) is 0 Å². The van der Waals surface area contributed by atoms with Gasteiger partial charge < -0.3 is 14.2 Å². The summed E-state index contributed by atoms with van der Waals surface area (Å²) in [7, 11) is -1.26. The Hall–Kier alpha value is -3.08. The Morgan fingerprint density at radius 2 is 1.54 bits per heavy atom. The molecule has 2 aromatic rings. The fourth-order valence-electron chi connectivity index (χ4n) is 1.51. The van der Waals surface area contributed by atoms with Crippen molar-refractivity contribution in [2.24, 2.45) is 4.36 Å². The Kier molecular flexibility index (Phi) is 9.25. The second kappa shape index (κ2) is 11.5. The van der Waals surface area contributed by atoms with Gasteiger partial charge in [-0.3, -0.25) is 0 Å². The third kappa shape index (κ3) is 7.66. The third-order valence-corrected chi connectivity index (χ3v) is 2.79. The number of methoxy groups -OCH3 is 1. The molecule has 0 fully saturated rings. The van der Waals surface area contributed by atoms with Crippen LogP contribution in [-0.2, 0) is 15.2 Å². The minimum absolute atomic E-state index is 0.0230. The van der Waals surface area contributed by atoms with E-state index < -0.39 is 10.5 Å². The number of esters is 1. The molecule has 0 radical (unpaired) electrons. The number of hydrogen-bond donors (Lipinski definition) is 0. The summed E-state index contributed by atoms with van der Waals surface area (Å²) < 4.78 is 38.4. The van der Waals surface area contributed by atoms with E-state index in [4.69, 9.17) is 9.47 Å². The van der Waals surface area contributed by atoms with Crippen LogP contribution in [-0.4, -0.2) is 49.7 Å². The maximum absolute atomic E-state index is 10.8. The van der Waals surface area contributed by atoms with E-state index in [1.807, 2.05) is 6.07 Å². The Morgan fingerprint density at radius 3 is 1.96 bits per heavy atom. The molecule has 140 valence electrons. The molecule has 0 atom stereocenters. The monoisotopic (exact) mass is 382 g/mol.